The first kappa shape index (κ1) is 24.4. The second-order valence-corrected chi connectivity index (χ2v) is 11.5. The summed E-state index contributed by atoms with van der Waals surface area (Å²) < 4.78 is 25.0. The van der Waals surface area contributed by atoms with Crippen molar-refractivity contribution in [3.05, 3.63) is 59.0 Å². The number of anilines is 5. The van der Waals surface area contributed by atoms with Crippen molar-refractivity contribution in [2.75, 3.05) is 35.3 Å². The molecule has 1 amide bonds. The highest BCUT2D eigenvalue weighted by Gasteiger charge is 2.30. The number of aryl methyl sites for hydroxylation is 2. The molecule has 2 aromatic heterocycles. The van der Waals surface area contributed by atoms with Crippen molar-refractivity contribution >= 4 is 56.4 Å². The molecular weight excluding hydrogens is 502 g/mol. The third-order valence-corrected chi connectivity index (χ3v) is 7.86. The Labute approximate surface area is 214 Å². The van der Waals surface area contributed by atoms with Crippen molar-refractivity contribution < 1.29 is 13.2 Å². The van der Waals surface area contributed by atoms with Crippen LogP contribution in [0.5, 0.6) is 0 Å². The Balaban J connectivity index is 1.38. The van der Waals surface area contributed by atoms with Crippen LogP contribution in [0, 0.1) is 5.92 Å². The van der Waals surface area contributed by atoms with E-state index in [4.69, 9.17) is 11.6 Å². The zero-order valence-electron chi connectivity index (χ0n) is 19.7. The smallest absolute Gasteiger partial charge is 0.229 e. The van der Waals surface area contributed by atoms with Crippen LogP contribution in [0.3, 0.4) is 0 Å². The molecule has 0 unspecified atom stereocenters. The first-order chi connectivity index (χ1) is 17.2. The molecule has 4 heterocycles. The summed E-state index contributed by atoms with van der Waals surface area (Å²) >= 11 is 6.33. The number of carbonyl (C=O) groups is 1. The zero-order valence-corrected chi connectivity index (χ0v) is 21.2. The minimum atomic E-state index is -3.24. The van der Waals surface area contributed by atoms with Gasteiger partial charge in [0.1, 0.15) is 5.02 Å². The topological polar surface area (TPSA) is 129 Å². The molecule has 1 aromatic carbocycles. The molecular formula is C24H26ClN7O3S. The van der Waals surface area contributed by atoms with Crippen LogP contribution in [0.4, 0.5) is 28.8 Å². The molecule has 0 radical (unpaired) electrons. The number of rotatable bonds is 4. The molecule has 2 aliphatic rings. The van der Waals surface area contributed by atoms with E-state index in [-0.39, 0.29) is 18.2 Å². The van der Waals surface area contributed by atoms with Gasteiger partial charge in [0.2, 0.25) is 21.9 Å². The Bertz CT molecular complexity index is 1420. The predicted octanol–water partition coefficient (Wildman–Crippen LogP) is 3.72. The second kappa shape index (κ2) is 10.00. The maximum absolute atomic E-state index is 12.9. The van der Waals surface area contributed by atoms with Gasteiger partial charge in [0.25, 0.3) is 0 Å². The summed E-state index contributed by atoms with van der Waals surface area (Å²) in [6, 6.07) is 7.67. The van der Waals surface area contributed by atoms with E-state index in [0.717, 1.165) is 28.2 Å². The molecule has 10 nitrogen and oxygen atoms in total. The monoisotopic (exact) mass is 527 g/mol. The Morgan fingerprint density at radius 3 is 2.83 bits per heavy atom. The first-order valence-electron chi connectivity index (χ1n) is 11.6. The SMILES string of the molecule is CS(=O)(=O)N1CC[C@@H](CC(=O)Nc2ccc3cc2CCc2cncc(c2)Nc2ncc(Cl)c(n2)N3)C1. The fraction of sp³-hybridized carbons (Fsp3) is 0.333. The highest BCUT2D eigenvalue weighted by Crippen LogP contribution is 2.30. The zero-order chi connectivity index (χ0) is 25.3. The van der Waals surface area contributed by atoms with E-state index < -0.39 is 10.0 Å². The Kier molecular flexibility index (Phi) is 6.78. The van der Waals surface area contributed by atoms with Crippen molar-refractivity contribution in [2.45, 2.75) is 25.7 Å². The lowest BCUT2D eigenvalue weighted by Crippen LogP contribution is -2.28. The molecule has 0 spiro atoms. The average molecular weight is 528 g/mol. The van der Waals surface area contributed by atoms with E-state index in [0.29, 0.717) is 49.1 Å². The van der Waals surface area contributed by atoms with Crippen molar-refractivity contribution in [1.82, 2.24) is 19.3 Å². The van der Waals surface area contributed by atoms with Gasteiger partial charge in [-0.2, -0.15) is 4.98 Å². The number of hydrogen-bond acceptors (Lipinski definition) is 8. The maximum Gasteiger partial charge on any atom is 0.229 e. The number of benzene rings is 1. The van der Waals surface area contributed by atoms with Crippen LogP contribution in [-0.2, 0) is 27.7 Å². The Morgan fingerprint density at radius 1 is 1.17 bits per heavy atom. The van der Waals surface area contributed by atoms with Crippen LogP contribution in [0.15, 0.2) is 42.9 Å². The molecule has 5 rings (SSSR count). The predicted molar refractivity (Wildman–Crippen MR) is 139 cm³/mol. The van der Waals surface area contributed by atoms with Crippen LogP contribution in [0.2, 0.25) is 5.02 Å². The third-order valence-electron chi connectivity index (χ3n) is 6.31. The van der Waals surface area contributed by atoms with Crippen LogP contribution in [0.25, 0.3) is 0 Å². The van der Waals surface area contributed by atoms with E-state index in [2.05, 4.69) is 30.9 Å². The normalized spacial score (nSPS) is 17.7. The number of nitrogens with one attached hydrogen (secondary N) is 3. The standard InChI is InChI=1S/C24H26ClN7O3S/c1-36(34,35)32-7-6-16(14-32)9-22(33)30-21-5-4-18-10-17(21)3-2-15-8-19(12-26-11-15)29-24-27-13-20(25)23(28-18)31-24/h4-5,8,10-13,16H,2-3,6-7,9,14H2,1H3,(H,30,33)(H2,27,28,29,31)/t16-/m0/s1. The van der Waals surface area contributed by atoms with E-state index in [1.54, 1.807) is 6.20 Å². The van der Waals surface area contributed by atoms with Gasteiger partial charge in [0, 0.05) is 37.1 Å². The third kappa shape index (κ3) is 5.75. The summed E-state index contributed by atoms with van der Waals surface area (Å²) in [7, 11) is -3.24. The van der Waals surface area contributed by atoms with Gasteiger partial charge >= 0.3 is 0 Å². The number of carbonyl (C=O) groups excluding carboxylic acids is 1. The molecule has 188 valence electrons. The summed E-state index contributed by atoms with van der Waals surface area (Å²) in [5, 5.41) is 9.81. The number of halogens is 1. The van der Waals surface area contributed by atoms with Crippen molar-refractivity contribution in [3.63, 3.8) is 0 Å². The number of amides is 1. The van der Waals surface area contributed by atoms with Crippen molar-refractivity contribution in [3.8, 4) is 0 Å². The average Bonchev–Trinajstić information content (AvgIpc) is 3.30. The molecule has 0 saturated carbocycles. The van der Waals surface area contributed by atoms with E-state index in [1.807, 2.05) is 30.5 Å². The second-order valence-electron chi connectivity index (χ2n) is 9.12. The van der Waals surface area contributed by atoms with Crippen molar-refractivity contribution in [1.29, 1.82) is 0 Å². The van der Waals surface area contributed by atoms with Crippen molar-refractivity contribution in [2.24, 2.45) is 5.92 Å². The summed E-state index contributed by atoms with van der Waals surface area (Å²) in [6.07, 6.45) is 8.56. The van der Waals surface area contributed by atoms with Gasteiger partial charge in [-0.25, -0.2) is 17.7 Å². The Morgan fingerprint density at radius 2 is 2.03 bits per heavy atom. The van der Waals surface area contributed by atoms with Gasteiger partial charge < -0.3 is 16.0 Å². The summed E-state index contributed by atoms with van der Waals surface area (Å²) in [5.41, 5.74) is 4.23. The van der Waals surface area contributed by atoms with Gasteiger partial charge in [-0.05, 0) is 60.6 Å². The lowest BCUT2D eigenvalue weighted by Gasteiger charge is -2.16. The fourth-order valence-electron chi connectivity index (χ4n) is 4.48. The molecule has 3 aromatic rings. The summed E-state index contributed by atoms with van der Waals surface area (Å²) in [5.74, 6) is 0.718. The van der Waals surface area contributed by atoms with Gasteiger partial charge in [-0.1, -0.05) is 11.6 Å². The lowest BCUT2D eigenvalue weighted by molar-refractivity contribution is -0.117. The number of hydrogen-bond donors (Lipinski definition) is 3. The van der Waals surface area contributed by atoms with Gasteiger partial charge in [0.15, 0.2) is 5.82 Å². The minimum absolute atomic E-state index is 0.00106. The van der Waals surface area contributed by atoms with E-state index >= 15 is 0 Å². The van der Waals surface area contributed by atoms with E-state index in [1.165, 1.54) is 16.8 Å². The molecule has 2 aliphatic heterocycles. The molecule has 0 aliphatic carbocycles. The molecule has 36 heavy (non-hydrogen) atoms. The van der Waals surface area contributed by atoms with E-state index in [9.17, 15) is 13.2 Å². The quantitative estimate of drug-likeness (QED) is 0.468. The maximum atomic E-state index is 12.9. The van der Waals surface area contributed by atoms with Gasteiger partial charge in [0.05, 0.1) is 24.3 Å². The summed E-state index contributed by atoms with van der Waals surface area (Å²) in [4.78, 5) is 25.9. The highest BCUT2D eigenvalue weighted by molar-refractivity contribution is 7.88. The number of nitrogens with zero attached hydrogens (tertiary/aromatic N) is 4. The Hall–Kier alpha value is -3.28. The molecule has 3 N–H and O–H groups in total. The van der Waals surface area contributed by atoms with Gasteiger partial charge in [-0.15, -0.1) is 0 Å². The summed E-state index contributed by atoms with van der Waals surface area (Å²) in [6.45, 7) is 0.832. The van der Waals surface area contributed by atoms with Crippen LogP contribution in [-0.4, -0.2) is 52.9 Å². The highest BCUT2D eigenvalue weighted by atomic mass is 35.5. The molecule has 12 heteroatoms. The minimum Gasteiger partial charge on any atom is -0.339 e. The van der Waals surface area contributed by atoms with Crippen LogP contribution >= 0.6 is 11.6 Å². The first-order valence-corrected chi connectivity index (χ1v) is 13.8. The number of sulfonamides is 1. The molecule has 6 bridgehead atoms. The fourth-order valence-corrected chi connectivity index (χ4v) is 5.54. The van der Waals surface area contributed by atoms with Gasteiger partial charge in [-0.3, -0.25) is 9.78 Å². The lowest BCUT2D eigenvalue weighted by atomic mass is 10.0. The van der Waals surface area contributed by atoms with Crippen LogP contribution < -0.4 is 16.0 Å². The largest absolute Gasteiger partial charge is 0.339 e. The number of aromatic nitrogens is 3. The molecule has 1 fully saturated rings. The molecule has 1 atom stereocenters. The number of pyridine rings is 1. The molecule has 1 saturated heterocycles. The number of fused-ring (bicyclic) bond motifs is 6. The van der Waals surface area contributed by atoms with Crippen LogP contribution in [0.1, 0.15) is 24.0 Å².